The molecule has 11 heteroatoms. The van der Waals surface area contributed by atoms with E-state index in [0.717, 1.165) is 24.3 Å². The van der Waals surface area contributed by atoms with Crippen LogP contribution >= 0.6 is 0 Å². The van der Waals surface area contributed by atoms with E-state index < -0.39 is 81.7 Å². The minimum atomic E-state index is -5.07. The Hall–Kier alpha value is -4.15. The molecule has 0 unspecified atom stereocenters. The fourth-order valence-corrected chi connectivity index (χ4v) is 5.28. The molecule has 204 valence electrons. The maximum absolute atomic E-state index is 14.0. The number of fused-ring (bicyclic) bond motifs is 1. The number of alkyl halides is 6. The summed E-state index contributed by atoms with van der Waals surface area (Å²) in [7, 11) is 0. The molecule has 0 N–H and O–H groups in total. The number of ketones is 1. The van der Waals surface area contributed by atoms with Crippen LogP contribution in [0.5, 0.6) is 0 Å². The molecule has 4 rings (SSSR count). The van der Waals surface area contributed by atoms with E-state index >= 15 is 0 Å². The Balaban J connectivity index is 2.01. The van der Waals surface area contributed by atoms with Gasteiger partial charge in [-0.3, -0.25) is 4.79 Å². The Morgan fingerprint density at radius 3 is 1.62 bits per heavy atom. The Labute approximate surface area is 217 Å². The van der Waals surface area contributed by atoms with Gasteiger partial charge in [-0.2, -0.15) is 26.3 Å². The molecule has 0 amide bonds. The van der Waals surface area contributed by atoms with Crippen LogP contribution in [0.4, 0.5) is 26.3 Å². The quantitative estimate of drug-likeness (QED) is 0.433. The highest BCUT2D eigenvalue weighted by Gasteiger charge is 2.47. The number of hydrogen-bond donors (Lipinski definition) is 0. The van der Waals surface area contributed by atoms with Gasteiger partial charge in [0.15, 0.2) is 5.78 Å². The topological polar surface area (TPSA) is 97.3 Å². The summed E-state index contributed by atoms with van der Waals surface area (Å²) in [5, 5.41) is 23.6. The number of halogens is 6. The fourth-order valence-electron chi connectivity index (χ4n) is 5.28. The fraction of sp³-hybridized carbons (Fsp3) is 0.250. The average molecular weight is 548 g/mol. The van der Waals surface area contributed by atoms with Gasteiger partial charge in [-0.05, 0) is 54.5 Å². The van der Waals surface area contributed by atoms with Gasteiger partial charge in [-0.15, -0.1) is 0 Å². The number of aromatic carboxylic acids is 2. The Morgan fingerprint density at radius 2 is 1.18 bits per heavy atom. The first kappa shape index (κ1) is 27.9. The predicted octanol–water partition coefficient (Wildman–Crippen LogP) is 4.05. The van der Waals surface area contributed by atoms with Crippen LogP contribution in [0.15, 0.2) is 60.7 Å². The van der Waals surface area contributed by atoms with Crippen LogP contribution in [0.25, 0.3) is 0 Å². The zero-order valence-corrected chi connectivity index (χ0v) is 19.9. The van der Waals surface area contributed by atoms with Crippen LogP contribution in [0.1, 0.15) is 65.3 Å². The zero-order valence-electron chi connectivity index (χ0n) is 19.9. The lowest BCUT2D eigenvalue weighted by atomic mass is 9.63. The summed E-state index contributed by atoms with van der Waals surface area (Å²) in [6.07, 6.45) is -12.2. The molecule has 0 fully saturated rings. The van der Waals surface area contributed by atoms with Gasteiger partial charge in [0.05, 0.1) is 23.1 Å². The summed E-state index contributed by atoms with van der Waals surface area (Å²) < 4.78 is 83.9. The Bertz CT molecular complexity index is 1390. The van der Waals surface area contributed by atoms with E-state index in [2.05, 4.69) is 0 Å². The van der Waals surface area contributed by atoms with E-state index in [1.807, 2.05) is 0 Å². The summed E-state index contributed by atoms with van der Waals surface area (Å²) in [6.45, 7) is 0. The van der Waals surface area contributed by atoms with Crippen LogP contribution in [0.3, 0.4) is 0 Å². The molecular formula is C28H18F6O5-2. The smallest absolute Gasteiger partial charge is 0.416 e. The number of carboxylic acids is 2. The van der Waals surface area contributed by atoms with Crippen molar-refractivity contribution in [2.45, 2.75) is 38.0 Å². The third-order valence-electron chi connectivity index (χ3n) is 7.05. The van der Waals surface area contributed by atoms with Gasteiger partial charge in [0.25, 0.3) is 0 Å². The SMILES string of the molecule is O=C([O-])c1cccc(C(F)(F)F)c1CC1(Cc2c(C(=O)[O-])cccc2C(F)(F)F)CCc2ccccc2C1=O. The lowest BCUT2D eigenvalue weighted by molar-refractivity contribution is -0.256. The highest BCUT2D eigenvalue weighted by atomic mass is 19.4. The van der Waals surface area contributed by atoms with E-state index in [4.69, 9.17) is 0 Å². The van der Waals surface area contributed by atoms with E-state index in [1.165, 1.54) is 12.1 Å². The van der Waals surface area contributed by atoms with Gasteiger partial charge in [0, 0.05) is 22.1 Å². The minimum Gasteiger partial charge on any atom is -0.545 e. The van der Waals surface area contributed by atoms with Crippen molar-refractivity contribution in [3.63, 3.8) is 0 Å². The molecule has 0 bridgehead atoms. The third kappa shape index (κ3) is 5.25. The first-order valence-corrected chi connectivity index (χ1v) is 11.6. The van der Waals surface area contributed by atoms with E-state index in [9.17, 15) is 50.9 Å². The minimum absolute atomic E-state index is 0.0442. The highest BCUT2D eigenvalue weighted by Crippen LogP contribution is 2.46. The molecule has 1 aliphatic rings. The van der Waals surface area contributed by atoms with Gasteiger partial charge in [-0.1, -0.05) is 48.5 Å². The molecule has 1 aliphatic carbocycles. The number of aryl methyl sites for hydroxylation is 1. The second-order valence-corrected chi connectivity index (χ2v) is 9.35. The normalized spacial score (nSPS) is 15.1. The maximum atomic E-state index is 14.0. The third-order valence-corrected chi connectivity index (χ3v) is 7.05. The molecule has 0 saturated heterocycles. The monoisotopic (exact) mass is 548 g/mol. The second-order valence-electron chi connectivity index (χ2n) is 9.35. The molecule has 0 atom stereocenters. The second kappa shape index (κ2) is 9.87. The first-order valence-electron chi connectivity index (χ1n) is 11.6. The van der Waals surface area contributed by atoms with E-state index in [0.29, 0.717) is 17.7 Å². The molecule has 5 nitrogen and oxygen atoms in total. The number of benzene rings is 3. The van der Waals surface area contributed by atoms with Crippen molar-refractivity contribution in [1.29, 1.82) is 0 Å². The Kier molecular flexibility index (Phi) is 7.05. The van der Waals surface area contributed by atoms with Crippen LogP contribution in [0, 0.1) is 5.41 Å². The standard InChI is InChI=1S/C28H20F6O5/c29-27(30,31)21-9-3-7-17(24(36)37)19(21)13-26(12-11-15-5-1-2-6-16(15)23(26)35)14-20-18(25(38)39)8-4-10-22(20)28(32,33)34/h1-10H,11-14H2,(H,36,37)(H,38,39)/p-2. The Morgan fingerprint density at radius 1 is 0.718 bits per heavy atom. The van der Waals surface area contributed by atoms with Crippen molar-refractivity contribution < 1.29 is 50.9 Å². The van der Waals surface area contributed by atoms with Crippen molar-refractivity contribution in [3.05, 3.63) is 105 Å². The van der Waals surface area contributed by atoms with Crippen LogP contribution in [-0.2, 0) is 31.6 Å². The molecule has 3 aromatic rings. The summed E-state index contributed by atoms with van der Waals surface area (Å²) in [5.74, 6) is -4.77. The van der Waals surface area contributed by atoms with E-state index in [1.54, 1.807) is 12.1 Å². The van der Waals surface area contributed by atoms with Crippen molar-refractivity contribution in [2.75, 3.05) is 0 Å². The van der Waals surface area contributed by atoms with Crippen LogP contribution in [0.2, 0.25) is 0 Å². The zero-order chi connectivity index (χ0) is 28.8. The van der Waals surface area contributed by atoms with Crippen molar-refractivity contribution in [2.24, 2.45) is 5.41 Å². The molecule has 3 aromatic carbocycles. The number of Topliss-reactive ketones (excluding diaryl/α,β-unsaturated/α-hetero) is 1. The molecule has 0 aliphatic heterocycles. The molecule has 0 spiro atoms. The first-order chi connectivity index (χ1) is 18.2. The largest absolute Gasteiger partial charge is 0.545 e. The maximum Gasteiger partial charge on any atom is 0.416 e. The predicted molar refractivity (Wildman–Crippen MR) is 120 cm³/mol. The van der Waals surface area contributed by atoms with Gasteiger partial charge in [0.2, 0.25) is 0 Å². The average Bonchev–Trinajstić information content (AvgIpc) is 2.85. The van der Waals surface area contributed by atoms with Gasteiger partial charge in [-0.25, -0.2) is 0 Å². The van der Waals surface area contributed by atoms with Crippen molar-refractivity contribution in [3.8, 4) is 0 Å². The van der Waals surface area contributed by atoms with Gasteiger partial charge in [0.1, 0.15) is 0 Å². The number of rotatable bonds is 6. The molecular weight excluding hydrogens is 530 g/mol. The molecule has 0 saturated carbocycles. The lowest BCUT2D eigenvalue weighted by Gasteiger charge is -2.39. The van der Waals surface area contributed by atoms with Crippen molar-refractivity contribution in [1.82, 2.24) is 0 Å². The number of hydrogen-bond acceptors (Lipinski definition) is 5. The summed E-state index contributed by atoms with van der Waals surface area (Å²) in [6, 6.07) is 10.6. The highest BCUT2D eigenvalue weighted by molar-refractivity contribution is 6.03. The van der Waals surface area contributed by atoms with E-state index in [-0.39, 0.29) is 18.4 Å². The molecule has 0 aromatic heterocycles. The van der Waals surface area contributed by atoms with Crippen LogP contribution in [-0.4, -0.2) is 17.7 Å². The molecule has 0 heterocycles. The molecule has 39 heavy (non-hydrogen) atoms. The lowest BCUT2D eigenvalue weighted by Crippen LogP contribution is -2.42. The number of carbonyl (C=O) groups is 3. The summed E-state index contributed by atoms with van der Waals surface area (Å²) >= 11 is 0. The van der Waals surface area contributed by atoms with Gasteiger partial charge < -0.3 is 19.8 Å². The molecule has 0 radical (unpaired) electrons. The van der Waals surface area contributed by atoms with Crippen LogP contribution < -0.4 is 10.2 Å². The van der Waals surface area contributed by atoms with Gasteiger partial charge >= 0.3 is 12.4 Å². The summed E-state index contributed by atoms with van der Waals surface area (Å²) in [5.41, 5.74) is -7.71. The number of carbonyl (C=O) groups excluding carboxylic acids is 3. The summed E-state index contributed by atoms with van der Waals surface area (Å²) in [4.78, 5) is 37.6. The number of carboxylic acid groups (broad SMARTS) is 2. The van der Waals surface area contributed by atoms with Crippen molar-refractivity contribution >= 4 is 17.7 Å².